The minimum Gasteiger partial charge on any atom is -0.492 e. The minimum absolute atomic E-state index is 0.192. The van der Waals surface area contributed by atoms with E-state index in [0.29, 0.717) is 19.1 Å². The molecule has 3 nitrogen and oxygen atoms in total. The second-order valence-corrected chi connectivity index (χ2v) is 13.4. The summed E-state index contributed by atoms with van der Waals surface area (Å²) < 4.78 is 18.6. The highest BCUT2D eigenvalue weighted by molar-refractivity contribution is 5.82. The van der Waals surface area contributed by atoms with E-state index in [1.807, 2.05) is 19.1 Å². The number of ether oxygens (including phenoxy) is 3. The van der Waals surface area contributed by atoms with Crippen molar-refractivity contribution < 1.29 is 14.2 Å². The van der Waals surface area contributed by atoms with E-state index in [4.69, 9.17) is 14.2 Å². The van der Waals surface area contributed by atoms with Crippen molar-refractivity contribution in [2.75, 3.05) is 13.2 Å². The van der Waals surface area contributed by atoms with Crippen LogP contribution in [0.3, 0.4) is 0 Å². The molecule has 0 fully saturated rings. The summed E-state index contributed by atoms with van der Waals surface area (Å²) in [5, 5.41) is 0. The van der Waals surface area contributed by atoms with Gasteiger partial charge in [0.05, 0.1) is 13.2 Å². The highest BCUT2D eigenvalue weighted by Gasteiger charge is 2.30. The first-order chi connectivity index (χ1) is 20.0. The van der Waals surface area contributed by atoms with Gasteiger partial charge in [-0.15, -0.1) is 0 Å². The van der Waals surface area contributed by atoms with Gasteiger partial charge in [-0.3, -0.25) is 0 Å². The fourth-order valence-corrected chi connectivity index (χ4v) is 5.41. The molecule has 3 heteroatoms. The number of para-hydroxylation sites is 1. The summed E-state index contributed by atoms with van der Waals surface area (Å²) in [6.45, 7) is 17.0. The topological polar surface area (TPSA) is 27.7 Å². The molecule has 4 aromatic carbocycles. The van der Waals surface area contributed by atoms with Crippen LogP contribution in [-0.4, -0.2) is 19.5 Å². The molecule has 0 spiro atoms. The van der Waals surface area contributed by atoms with Crippen LogP contribution >= 0.6 is 0 Å². The predicted molar refractivity (Wildman–Crippen MR) is 176 cm³/mol. The van der Waals surface area contributed by atoms with E-state index < -0.39 is 0 Å². The summed E-state index contributed by atoms with van der Waals surface area (Å²) in [5.74, 6) is 2.21. The van der Waals surface area contributed by atoms with Crippen LogP contribution in [-0.2, 0) is 4.74 Å². The molecule has 0 saturated carbocycles. The van der Waals surface area contributed by atoms with E-state index in [9.17, 15) is 0 Å². The van der Waals surface area contributed by atoms with Crippen molar-refractivity contribution >= 4 is 0 Å². The van der Waals surface area contributed by atoms with Crippen molar-refractivity contribution in [3.63, 3.8) is 0 Å². The molecular weight excluding hydrogens is 516 g/mol. The lowest BCUT2D eigenvalue weighted by atomic mass is 9.69. The summed E-state index contributed by atoms with van der Waals surface area (Å²) in [4.78, 5) is 0. The van der Waals surface area contributed by atoms with E-state index >= 15 is 0 Å². The van der Waals surface area contributed by atoms with Gasteiger partial charge >= 0.3 is 0 Å². The molecule has 0 amide bonds. The maximum Gasteiger partial charge on any atom is 0.196 e. The second kappa shape index (κ2) is 14.1. The Balaban J connectivity index is 1.33. The Hall–Kier alpha value is -3.56. The van der Waals surface area contributed by atoms with Gasteiger partial charge in [-0.05, 0) is 58.9 Å². The smallest absolute Gasteiger partial charge is 0.196 e. The zero-order valence-corrected chi connectivity index (χ0v) is 26.5. The zero-order chi connectivity index (χ0) is 30.2. The Morgan fingerprint density at radius 1 is 0.619 bits per heavy atom. The van der Waals surface area contributed by atoms with Crippen molar-refractivity contribution in [3.8, 4) is 33.8 Å². The van der Waals surface area contributed by atoms with Crippen molar-refractivity contribution in [1.82, 2.24) is 0 Å². The summed E-state index contributed by atoms with van der Waals surface area (Å²) in [6, 6.07) is 35.7. The Morgan fingerprint density at radius 2 is 1.17 bits per heavy atom. The third kappa shape index (κ3) is 8.97. The largest absolute Gasteiger partial charge is 0.492 e. The average molecular weight is 565 g/mol. The van der Waals surface area contributed by atoms with Crippen molar-refractivity contribution in [3.05, 3.63) is 109 Å². The summed E-state index contributed by atoms with van der Waals surface area (Å²) >= 11 is 0. The van der Waals surface area contributed by atoms with E-state index in [-0.39, 0.29) is 17.1 Å². The van der Waals surface area contributed by atoms with Crippen LogP contribution in [0, 0.1) is 10.8 Å². The monoisotopic (exact) mass is 564 g/mol. The summed E-state index contributed by atoms with van der Waals surface area (Å²) in [7, 11) is 0. The summed E-state index contributed by atoms with van der Waals surface area (Å²) in [5.41, 5.74) is 6.29. The molecule has 2 atom stereocenters. The first kappa shape index (κ1) is 31.4. The first-order valence-corrected chi connectivity index (χ1v) is 15.3. The molecule has 0 aliphatic rings. The molecule has 222 valence electrons. The molecule has 0 aliphatic heterocycles. The van der Waals surface area contributed by atoms with Crippen molar-refractivity contribution in [1.29, 1.82) is 0 Å². The van der Waals surface area contributed by atoms with Crippen LogP contribution < -0.4 is 9.47 Å². The average Bonchev–Trinajstić information content (AvgIpc) is 2.96. The third-order valence-electron chi connectivity index (χ3n) is 7.52. The van der Waals surface area contributed by atoms with Gasteiger partial charge in [0.15, 0.2) is 6.29 Å². The lowest BCUT2D eigenvalue weighted by Gasteiger charge is -2.36. The van der Waals surface area contributed by atoms with E-state index in [1.165, 1.54) is 5.56 Å². The quantitative estimate of drug-likeness (QED) is 0.126. The minimum atomic E-state index is -0.347. The maximum absolute atomic E-state index is 6.45. The molecule has 0 aromatic heterocycles. The molecule has 0 saturated heterocycles. The Morgan fingerprint density at radius 3 is 1.67 bits per heavy atom. The fraction of sp³-hybridized carbons (Fsp3) is 0.385. The second-order valence-electron chi connectivity index (χ2n) is 13.4. The number of hydrogen-bond donors (Lipinski definition) is 0. The molecule has 0 radical (unpaired) electrons. The van der Waals surface area contributed by atoms with Crippen LogP contribution in [0.4, 0.5) is 0 Å². The molecule has 0 bridgehead atoms. The van der Waals surface area contributed by atoms with Crippen LogP contribution in [0.5, 0.6) is 11.5 Å². The highest BCUT2D eigenvalue weighted by Crippen LogP contribution is 2.43. The van der Waals surface area contributed by atoms with Crippen LogP contribution in [0.25, 0.3) is 22.3 Å². The molecule has 0 aliphatic carbocycles. The van der Waals surface area contributed by atoms with Gasteiger partial charge < -0.3 is 14.2 Å². The third-order valence-corrected chi connectivity index (χ3v) is 7.52. The van der Waals surface area contributed by atoms with Gasteiger partial charge in [0.25, 0.3) is 0 Å². The number of benzene rings is 4. The van der Waals surface area contributed by atoms with E-state index in [0.717, 1.165) is 46.6 Å². The molecule has 4 rings (SSSR count). The predicted octanol–water partition coefficient (Wildman–Crippen LogP) is 10.8. The van der Waals surface area contributed by atoms with E-state index in [1.54, 1.807) is 0 Å². The van der Waals surface area contributed by atoms with Crippen LogP contribution in [0.1, 0.15) is 72.8 Å². The Bertz CT molecular complexity index is 1310. The van der Waals surface area contributed by atoms with Crippen molar-refractivity contribution in [2.24, 2.45) is 10.8 Å². The summed E-state index contributed by atoms with van der Waals surface area (Å²) in [6.07, 6.45) is 1.55. The highest BCUT2D eigenvalue weighted by atomic mass is 16.7. The maximum atomic E-state index is 6.45. The normalized spacial score (nSPS) is 13.4. The van der Waals surface area contributed by atoms with Gasteiger partial charge in [0, 0.05) is 17.5 Å². The van der Waals surface area contributed by atoms with Gasteiger partial charge in [-0.25, -0.2) is 0 Å². The van der Waals surface area contributed by atoms with Crippen molar-refractivity contribution in [2.45, 2.75) is 73.5 Å². The molecule has 4 aromatic rings. The lowest BCUT2D eigenvalue weighted by molar-refractivity contribution is -0.0691. The first-order valence-electron chi connectivity index (χ1n) is 15.3. The fourth-order valence-electron chi connectivity index (χ4n) is 5.41. The molecule has 2 unspecified atom stereocenters. The molecule has 42 heavy (non-hydrogen) atoms. The molecule has 0 heterocycles. The van der Waals surface area contributed by atoms with Gasteiger partial charge in [0.1, 0.15) is 11.5 Å². The number of rotatable bonds is 12. The molecule has 0 N–H and O–H groups in total. The number of hydrogen-bond acceptors (Lipinski definition) is 3. The van der Waals surface area contributed by atoms with Gasteiger partial charge in [-0.1, -0.05) is 133 Å². The Kier molecular flexibility index (Phi) is 10.5. The van der Waals surface area contributed by atoms with Crippen LogP contribution in [0.15, 0.2) is 103 Å². The Labute approximate surface area is 253 Å². The standard InChI is InChI=1S/C39H48O3/c1-29(42-33-24-22-32(23-25-33)36(39(5,6)7)28-38(2,3)4)40-26-15-27-41-37-34(30-16-10-8-11-17-30)20-14-21-35(37)31-18-12-9-13-19-31/h8-14,16-25,29,36H,15,26-28H2,1-7H3. The van der Waals surface area contributed by atoms with Gasteiger partial charge in [0.2, 0.25) is 0 Å². The van der Waals surface area contributed by atoms with Gasteiger partial charge in [-0.2, -0.15) is 0 Å². The van der Waals surface area contributed by atoms with Crippen LogP contribution in [0.2, 0.25) is 0 Å². The lowest BCUT2D eigenvalue weighted by Crippen LogP contribution is -2.24. The van der Waals surface area contributed by atoms with E-state index in [2.05, 4.69) is 133 Å². The molecular formula is C39H48O3. The zero-order valence-electron chi connectivity index (χ0n) is 26.5. The SMILES string of the molecule is CC(OCCCOc1c(-c2ccccc2)cccc1-c1ccccc1)Oc1ccc(C(CC(C)(C)C)C(C)(C)C)cc1.